The lowest BCUT2D eigenvalue weighted by molar-refractivity contribution is 0.144. The van der Waals surface area contributed by atoms with Crippen LogP contribution in [0.15, 0.2) is 67.0 Å². The highest BCUT2D eigenvalue weighted by Gasteiger charge is 2.28. The molecular weight excluding hydrogens is 400 g/mol. The SMILES string of the molecule is O=C(NCC=Cc1cnc(N2CCCC2)nc1)OCC1c2ccccc2-c2ccccc21. The smallest absolute Gasteiger partial charge is 0.407 e. The minimum absolute atomic E-state index is 0.0648. The van der Waals surface area contributed by atoms with Gasteiger partial charge in [-0.15, -0.1) is 0 Å². The summed E-state index contributed by atoms with van der Waals surface area (Å²) in [5.41, 5.74) is 5.76. The maximum absolute atomic E-state index is 12.2. The molecule has 2 aliphatic rings. The van der Waals surface area contributed by atoms with Gasteiger partial charge < -0.3 is 15.0 Å². The van der Waals surface area contributed by atoms with Crippen LogP contribution in [0.5, 0.6) is 0 Å². The van der Waals surface area contributed by atoms with Crippen LogP contribution in [0.3, 0.4) is 0 Å². The molecule has 0 unspecified atom stereocenters. The Morgan fingerprint density at radius 1 is 1.00 bits per heavy atom. The Morgan fingerprint density at radius 2 is 1.62 bits per heavy atom. The molecule has 32 heavy (non-hydrogen) atoms. The molecule has 1 N–H and O–H groups in total. The molecule has 1 aliphatic heterocycles. The van der Waals surface area contributed by atoms with Crippen molar-refractivity contribution in [2.75, 3.05) is 31.1 Å². The van der Waals surface area contributed by atoms with E-state index in [-0.39, 0.29) is 5.92 Å². The third-order valence-corrected chi connectivity index (χ3v) is 6.07. The second kappa shape index (κ2) is 9.22. The number of anilines is 1. The number of nitrogens with one attached hydrogen (secondary N) is 1. The fourth-order valence-corrected chi connectivity index (χ4v) is 4.48. The predicted molar refractivity (Wildman–Crippen MR) is 126 cm³/mol. The molecule has 1 fully saturated rings. The topological polar surface area (TPSA) is 67.4 Å². The molecule has 1 saturated heterocycles. The Bertz CT molecular complexity index is 1080. The van der Waals surface area contributed by atoms with Crippen LogP contribution < -0.4 is 10.2 Å². The van der Waals surface area contributed by atoms with Crippen molar-refractivity contribution in [3.05, 3.63) is 83.7 Å². The van der Waals surface area contributed by atoms with Crippen LogP contribution in [-0.2, 0) is 4.74 Å². The van der Waals surface area contributed by atoms with E-state index in [0.29, 0.717) is 13.2 Å². The number of ether oxygens (including phenoxy) is 1. The Hall–Kier alpha value is -3.67. The van der Waals surface area contributed by atoms with Crippen molar-refractivity contribution in [1.82, 2.24) is 15.3 Å². The molecular formula is C26H26N4O2. The Labute approximate surface area is 188 Å². The van der Waals surface area contributed by atoms with E-state index >= 15 is 0 Å². The molecule has 0 spiro atoms. The van der Waals surface area contributed by atoms with Crippen molar-refractivity contribution in [3.63, 3.8) is 0 Å². The number of alkyl carbamates (subject to hydrolysis) is 1. The number of aromatic nitrogens is 2. The number of benzene rings is 2. The van der Waals surface area contributed by atoms with E-state index in [4.69, 9.17) is 4.74 Å². The summed E-state index contributed by atoms with van der Waals surface area (Å²) in [6.45, 7) is 2.75. The number of nitrogens with zero attached hydrogens (tertiary/aromatic N) is 3. The van der Waals surface area contributed by atoms with Gasteiger partial charge in [-0.25, -0.2) is 14.8 Å². The van der Waals surface area contributed by atoms with Gasteiger partial charge in [0.05, 0.1) is 0 Å². The average Bonchev–Trinajstić information content (AvgIpc) is 3.48. The first-order valence-electron chi connectivity index (χ1n) is 11.1. The molecule has 6 heteroatoms. The van der Waals surface area contributed by atoms with Gasteiger partial charge in [-0.2, -0.15) is 0 Å². The summed E-state index contributed by atoms with van der Waals surface area (Å²) in [5, 5.41) is 2.78. The molecule has 1 aliphatic carbocycles. The molecule has 2 heterocycles. The van der Waals surface area contributed by atoms with Gasteiger partial charge in [0.2, 0.25) is 5.95 Å². The lowest BCUT2D eigenvalue weighted by Crippen LogP contribution is -2.26. The summed E-state index contributed by atoms with van der Waals surface area (Å²) < 4.78 is 5.55. The van der Waals surface area contributed by atoms with Crippen LogP contribution in [0.2, 0.25) is 0 Å². The third kappa shape index (κ3) is 4.21. The predicted octanol–water partition coefficient (Wildman–Crippen LogP) is 4.63. The quantitative estimate of drug-likeness (QED) is 0.623. The second-order valence-corrected chi connectivity index (χ2v) is 8.12. The summed E-state index contributed by atoms with van der Waals surface area (Å²) in [4.78, 5) is 23.3. The summed E-state index contributed by atoms with van der Waals surface area (Å²) >= 11 is 0. The van der Waals surface area contributed by atoms with Crippen LogP contribution in [0, 0.1) is 0 Å². The maximum Gasteiger partial charge on any atom is 0.407 e. The Kier molecular flexibility index (Phi) is 5.83. The van der Waals surface area contributed by atoms with Gasteiger partial charge in [0.15, 0.2) is 0 Å². The minimum Gasteiger partial charge on any atom is -0.449 e. The van der Waals surface area contributed by atoms with Gasteiger partial charge in [-0.3, -0.25) is 0 Å². The van der Waals surface area contributed by atoms with Crippen molar-refractivity contribution in [1.29, 1.82) is 0 Å². The maximum atomic E-state index is 12.2. The van der Waals surface area contributed by atoms with Gasteiger partial charge in [0.25, 0.3) is 0 Å². The minimum atomic E-state index is -0.419. The zero-order chi connectivity index (χ0) is 21.8. The summed E-state index contributed by atoms with van der Waals surface area (Å²) in [6, 6.07) is 16.6. The van der Waals surface area contributed by atoms with Gasteiger partial charge in [0.1, 0.15) is 6.61 Å². The number of fused-ring (bicyclic) bond motifs is 3. The largest absolute Gasteiger partial charge is 0.449 e. The first-order valence-corrected chi connectivity index (χ1v) is 11.1. The summed E-state index contributed by atoms with van der Waals surface area (Å²) in [7, 11) is 0. The van der Waals surface area contributed by atoms with Gasteiger partial charge in [0, 0.05) is 43.5 Å². The monoisotopic (exact) mass is 426 g/mol. The summed E-state index contributed by atoms with van der Waals surface area (Å²) in [5.74, 6) is 0.853. The fourth-order valence-electron chi connectivity index (χ4n) is 4.48. The number of hydrogen-bond donors (Lipinski definition) is 1. The zero-order valence-corrected chi connectivity index (χ0v) is 17.9. The highest BCUT2D eigenvalue weighted by molar-refractivity contribution is 5.79. The molecule has 0 bridgehead atoms. The molecule has 0 radical (unpaired) electrons. The zero-order valence-electron chi connectivity index (χ0n) is 17.9. The van der Waals surface area contributed by atoms with Gasteiger partial charge >= 0.3 is 6.09 Å². The standard InChI is InChI=1S/C26H26N4O2/c31-26(27-13-7-8-19-16-28-25(29-17-19)30-14-5-6-15-30)32-18-24-22-11-3-1-9-20(22)21-10-2-4-12-23(21)24/h1-4,7-12,16-17,24H,5-6,13-15,18H2,(H,27,31). The van der Waals surface area contributed by atoms with Gasteiger partial charge in [-0.05, 0) is 35.1 Å². The van der Waals surface area contributed by atoms with Crippen LogP contribution in [0.25, 0.3) is 17.2 Å². The van der Waals surface area contributed by atoms with E-state index in [9.17, 15) is 4.79 Å². The second-order valence-electron chi connectivity index (χ2n) is 8.12. The molecule has 5 rings (SSSR count). The number of amides is 1. The van der Waals surface area contributed by atoms with Crippen LogP contribution in [-0.4, -0.2) is 42.3 Å². The highest BCUT2D eigenvalue weighted by atomic mass is 16.5. The van der Waals surface area contributed by atoms with Crippen molar-refractivity contribution >= 4 is 18.1 Å². The van der Waals surface area contributed by atoms with E-state index in [1.54, 1.807) is 0 Å². The molecule has 0 saturated carbocycles. The lowest BCUT2D eigenvalue weighted by atomic mass is 9.98. The molecule has 2 aromatic carbocycles. The lowest BCUT2D eigenvalue weighted by Gasteiger charge is -2.14. The number of carbonyl (C=O) groups excluding carboxylic acids is 1. The Morgan fingerprint density at radius 3 is 2.28 bits per heavy atom. The molecule has 162 valence electrons. The van der Waals surface area contributed by atoms with Crippen molar-refractivity contribution in [2.45, 2.75) is 18.8 Å². The van der Waals surface area contributed by atoms with Crippen molar-refractivity contribution in [2.24, 2.45) is 0 Å². The van der Waals surface area contributed by atoms with Crippen molar-refractivity contribution in [3.8, 4) is 11.1 Å². The highest BCUT2D eigenvalue weighted by Crippen LogP contribution is 2.44. The van der Waals surface area contributed by atoms with E-state index in [0.717, 1.165) is 24.6 Å². The number of hydrogen-bond acceptors (Lipinski definition) is 5. The number of carbonyl (C=O) groups is 1. The average molecular weight is 427 g/mol. The van der Waals surface area contributed by atoms with Gasteiger partial charge in [-0.1, -0.05) is 60.7 Å². The van der Waals surface area contributed by atoms with E-state index in [1.165, 1.54) is 35.1 Å². The molecule has 0 atom stereocenters. The van der Waals surface area contributed by atoms with Crippen LogP contribution in [0.1, 0.15) is 35.4 Å². The number of rotatable bonds is 6. The van der Waals surface area contributed by atoms with E-state index in [2.05, 4.69) is 44.5 Å². The Balaban J connectivity index is 1.12. The molecule has 3 aromatic rings. The van der Waals surface area contributed by atoms with Crippen LogP contribution in [0.4, 0.5) is 10.7 Å². The third-order valence-electron chi connectivity index (χ3n) is 6.07. The first kappa shape index (κ1) is 20.2. The van der Waals surface area contributed by atoms with Crippen LogP contribution >= 0.6 is 0 Å². The molecule has 6 nitrogen and oxygen atoms in total. The van der Waals surface area contributed by atoms with Crippen molar-refractivity contribution < 1.29 is 9.53 Å². The van der Waals surface area contributed by atoms with E-state index < -0.39 is 6.09 Å². The normalized spacial score (nSPS) is 15.1. The van der Waals surface area contributed by atoms with E-state index in [1.807, 2.05) is 48.8 Å². The fraction of sp³-hybridized carbons (Fsp3) is 0.269. The molecule has 1 amide bonds. The summed E-state index contributed by atoms with van der Waals surface area (Å²) in [6.07, 6.45) is 9.37. The first-order chi connectivity index (χ1) is 15.8. The molecule has 1 aromatic heterocycles.